The van der Waals surface area contributed by atoms with Crippen LogP contribution in [-0.2, 0) is 25.0 Å². The summed E-state index contributed by atoms with van der Waals surface area (Å²) in [4.78, 5) is 0. The highest BCUT2D eigenvalue weighted by Gasteiger charge is 2.20. The van der Waals surface area contributed by atoms with Crippen LogP contribution in [-0.4, -0.2) is 60.2 Å². The van der Waals surface area contributed by atoms with Crippen LogP contribution in [0.25, 0.3) is 0 Å². The molecule has 17 heavy (non-hydrogen) atoms. The summed E-state index contributed by atoms with van der Waals surface area (Å²) in [6.45, 7) is -0.529. The maximum Gasteiger partial charge on any atom is 0.292 e. The van der Waals surface area contributed by atoms with Crippen LogP contribution < -0.4 is 0 Å². The molecule has 104 valence electrons. The summed E-state index contributed by atoms with van der Waals surface area (Å²) in [6, 6.07) is 0. The predicted octanol–water partition coefficient (Wildman–Crippen LogP) is -1.80. The van der Waals surface area contributed by atoms with E-state index in [1.165, 1.54) is 0 Å². The Bertz CT molecular complexity index is 371. The zero-order valence-electron chi connectivity index (χ0n) is 8.63. The first-order chi connectivity index (χ1) is 7.55. The lowest BCUT2D eigenvalue weighted by molar-refractivity contribution is 0.0844. The Hall–Kier alpha value is -0.300. The first-order valence-corrected chi connectivity index (χ1v) is 7.42. The number of hydrogen-bond acceptors (Lipinski definition) is 7. The van der Waals surface area contributed by atoms with E-state index in [0.717, 1.165) is 0 Å². The van der Waals surface area contributed by atoms with Gasteiger partial charge in [0, 0.05) is 12.8 Å². The molecule has 2 atom stereocenters. The third-order valence-corrected chi connectivity index (χ3v) is 3.55. The quantitative estimate of drug-likeness (QED) is 0.299. The molecule has 2 unspecified atom stereocenters. The molecule has 0 rings (SSSR count). The summed E-state index contributed by atoms with van der Waals surface area (Å²) < 4.78 is 62.7. The minimum Gasteiger partial charge on any atom is -0.381 e. The van der Waals surface area contributed by atoms with Crippen LogP contribution in [0.5, 0.6) is 0 Å². The van der Waals surface area contributed by atoms with Gasteiger partial charge in [-0.05, 0) is 0 Å². The first kappa shape index (κ1) is 16.7. The van der Waals surface area contributed by atoms with Crippen LogP contribution in [0.4, 0.5) is 0 Å². The van der Waals surface area contributed by atoms with Crippen molar-refractivity contribution in [3.8, 4) is 0 Å². The van der Waals surface area contributed by atoms with Crippen LogP contribution in [0, 0.1) is 0 Å². The number of ether oxygens (including phenoxy) is 1. The van der Waals surface area contributed by atoms with Crippen LogP contribution in [0.2, 0.25) is 0 Å². The fourth-order valence-corrected chi connectivity index (χ4v) is 1.56. The number of hydrogen-bond donors (Lipinski definition) is 4. The van der Waals surface area contributed by atoms with Gasteiger partial charge in [0.1, 0.15) is 0 Å². The van der Waals surface area contributed by atoms with Gasteiger partial charge in [-0.3, -0.25) is 9.11 Å². The fourth-order valence-electron chi connectivity index (χ4n) is 0.768. The molecule has 0 heterocycles. The minimum atomic E-state index is -4.54. The molecule has 0 spiro atoms. The van der Waals surface area contributed by atoms with Crippen molar-refractivity contribution in [2.24, 2.45) is 0 Å². The van der Waals surface area contributed by atoms with E-state index in [0.29, 0.717) is 0 Å². The normalized spacial score (nSPS) is 16.7. The average molecular weight is 294 g/mol. The minimum absolute atomic E-state index is 0.265. The van der Waals surface area contributed by atoms with Crippen molar-refractivity contribution in [1.82, 2.24) is 0 Å². The van der Waals surface area contributed by atoms with E-state index in [1.54, 1.807) is 0 Å². The van der Waals surface area contributed by atoms with Crippen molar-refractivity contribution in [2.45, 2.75) is 23.7 Å². The van der Waals surface area contributed by atoms with Gasteiger partial charge in [-0.15, -0.1) is 0 Å². The summed E-state index contributed by atoms with van der Waals surface area (Å²) >= 11 is 0. The molecule has 0 bridgehead atoms. The molecular formula is C6H14O9S2. The van der Waals surface area contributed by atoms with E-state index in [4.69, 9.17) is 24.1 Å². The van der Waals surface area contributed by atoms with Gasteiger partial charge in [0.25, 0.3) is 20.2 Å². The molecule has 11 heteroatoms. The highest BCUT2D eigenvalue weighted by atomic mass is 32.2. The van der Waals surface area contributed by atoms with Gasteiger partial charge >= 0.3 is 0 Å². The van der Waals surface area contributed by atoms with Crippen molar-refractivity contribution in [3.63, 3.8) is 0 Å². The highest BCUT2D eigenvalue weighted by Crippen LogP contribution is 2.03. The molecule has 0 saturated heterocycles. The Morgan fingerprint density at radius 2 is 1.12 bits per heavy atom. The van der Waals surface area contributed by atoms with Gasteiger partial charge in [-0.2, -0.15) is 16.8 Å². The molecule has 9 nitrogen and oxygen atoms in total. The summed E-state index contributed by atoms with van der Waals surface area (Å²) in [5.41, 5.74) is -3.96. The second kappa shape index (κ2) is 6.58. The van der Waals surface area contributed by atoms with E-state index in [1.807, 2.05) is 0 Å². The summed E-state index contributed by atoms with van der Waals surface area (Å²) in [5.74, 6) is 0. The van der Waals surface area contributed by atoms with Crippen molar-refractivity contribution in [2.75, 3.05) is 13.2 Å². The molecule has 0 aliphatic heterocycles. The van der Waals surface area contributed by atoms with E-state index in [-0.39, 0.29) is 13.2 Å². The predicted molar refractivity (Wildman–Crippen MR) is 55.2 cm³/mol. The maximum absolute atomic E-state index is 10.3. The second-order valence-electron chi connectivity index (χ2n) is 3.13. The van der Waals surface area contributed by atoms with Gasteiger partial charge in [0.05, 0.1) is 13.2 Å². The van der Waals surface area contributed by atoms with Crippen molar-refractivity contribution >= 4 is 20.2 Å². The Morgan fingerprint density at radius 1 is 0.824 bits per heavy atom. The van der Waals surface area contributed by atoms with Gasteiger partial charge in [0.15, 0.2) is 10.9 Å². The smallest absolute Gasteiger partial charge is 0.292 e. The van der Waals surface area contributed by atoms with Crippen molar-refractivity contribution in [1.29, 1.82) is 0 Å². The van der Waals surface area contributed by atoms with E-state index in [2.05, 4.69) is 0 Å². The summed E-state index contributed by atoms with van der Waals surface area (Å²) in [5, 5.41) is 17.6. The molecule has 0 aromatic rings. The Kier molecular flexibility index (Phi) is 6.47. The lowest BCUT2D eigenvalue weighted by Gasteiger charge is -2.09. The standard InChI is InChI=1S/C6H14O9S2/c7-5(16(9,10)11)1-3-15-4-2-6(8)17(12,13)14/h5-8H,1-4H2,(H,9,10,11)(H,12,13,14). The van der Waals surface area contributed by atoms with Crippen LogP contribution >= 0.6 is 0 Å². The van der Waals surface area contributed by atoms with Crippen LogP contribution in [0.15, 0.2) is 0 Å². The molecule has 4 N–H and O–H groups in total. The van der Waals surface area contributed by atoms with Gasteiger partial charge in [0.2, 0.25) is 0 Å². The van der Waals surface area contributed by atoms with Crippen molar-refractivity contribution < 1.29 is 40.9 Å². The first-order valence-electron chi connectivity index (χ1n) is 4.41. The molecule has 0 fully saturated rings. The number of aliphatic hydroxyl groups excluding tert-OH is 2. The summed E-state index contributed by atoms with van der Waals surface area (Å²) in [6.07, 6.45) is -0.804. The van der Waals surface area contributed by atoms with Crippen molar-refractivity contribution in [3.05, 3.63) is 0 Å². The van der Waals surface area contributed by atoms with E-state index >= 15 is 0 Å². The van der Waals surface area contributed by atoms with Gasteiger partial charge < -0.3 is 14.9 Å². The Morgan fingerprint density at radius 3 is 1.35 bits per heavy atom. The number of rotatable bonds is 8. The van der Waals surface area contributed by atoms with Gasteiger partial charge in [-0.1, -0.05) is 0 Å². The van der Waals surface area contributed by atoms with Crippen LogP contribution in [0.1, 0.15) is 12.8 Å². The highest BCUT2D eigenvalue weighted by molar-refractivity contribution is 7.86. The van der Waals surface area contributed by atoms with Crippen LogP contribution in [0.3, 0.4) is 0 Å². The van der Waals surface area contributed by atoms with E-state index < -0.39 is 43.9 Å². The molecule has 0 aliphatic carbocycles. The lowest BCUT2D eigenvalue weighted by atomic mass is 10.4. The average Bonchev–Trinajstić information content (AvgIpc) is 2.13. The largest absolute Gasteiger partial charge is 0.381 e. The molecule has 0 aromatic heterocycles. The number of aliphatic hydroxyl groups is 2. The van der Waals surface area contributed by atoms with Gasteiger partial charge in [-0.25, -0.2) is 0 Å². The third-order valence-electron chi connectivity index (χ3n) is 1.71. The molecule has 0 aromatic carbocycles. The summed E-state index contributed by atoms with van der Waals surface area (Å²) in [7, 11) is -9.08. The molecule has 0 radical (unpaired) electrons. The molecule has 0 amide bonds. The van der Waals surface area contributed by atoms with E-state index in [9.17, 15) is 16.8 Å². The SMILES string of the molecule is O=S(=O)(O)C(O)CCOCCC(O)S(=O)(=O)O. The topological polar surface area (TPSA) is 158 Å². The zero-order valence-corrected chi connectivity index (χ0v) is 10.3. The monoisotopic (exact) mass is 294 g/mol. The molecule has 0 aliphatic rings. The maximum atomic E-state index is 10.3. The lowest BCUT2D eigenvalue weighted by Crippen LogP contribution is -2.23. The second-order valence-corrected chi connectivity index (χ2v) is 6.28. The molecular weight excluding hydrogens is 280 g/mol. The third kappa shape index (κ3) is 7.59. The zero-order chi connectivity index (χ0) is 13.7. The Balaban J connectivity index is 3.75. The Labute approximate surface area is 98.5 Å². The fraction of sp³-hybridized carbons (Fsp3) is 1.00. The molecule has 0 saturated carbocycles.